The minimum Gasteiger partial charge on any atom is -0.458 e. The fourth-order valence-electron chi connectivity index (χ4n) is 10.0. The smallest absolute Gasteiger partial charge is 0.314 e. The van der Waals surface area contributed by atoms with Crippen LogP contribution < -0.4 is 0 Å². The Bertz CT molecular complexity index is 974. The molecular formula is C30H46O5. The summed E-state index contributed by atoms with van der Waals surface area (Å²) in [5.74, 6) is 0.189. The number of carbonyl (C=O) groups is 2. The van der Waals surface area contributed by atoms with E-state index in [4.69, 9.17) is 4.74 Å². The number of ether oxygens (including phenoxy) is 1. The average molecular weight is 487 g/mol. The molecule has 0 bridgehead atoms. The molecule has 5 nitrogen and oxygen atoms in total. The van der Waals surface area contributed by atoms with Crippen LogP contribution in [0.1, 0.15) is 106 Å². The normalized spacial score (nSPS) is 48.4. The molecule has 5 heteroatoms. The van der Waals surface area contributed by atoms with Crippen LogP contribution in [0.25, 0.3) is 0 Å². The zero-order chi connectivity index (χ0) is 25.8. The third kappa shape index (κ3) is 3.19. The largest absolute Gasteiger partial charge is 0.458 e. The maximum atomic E-state index is 13.8. The van der Waals surface area contributed by atoms with Gasteiger partial charge in [0.2, 0.25) is 0 Å². The van der Waals surface area contributed by atoms with Crippen molar-refractivity contribution in [3.8, 4) is 0 Å². The maximum Gasteiger partial charge on any atom is 0.314 e. The summed E-state index contributed by atoms with van der Waals surface area (Å²) in [7, 11) is 0. The van der Waals surface area contributed by atoms with Gasteiger partial charge in [0.15, 0.2) is 0 Å². The van der Waals surface area contributed by atoms with Gasteiger partial charge in [-0.1, -0.05) is 39.3 Å². The second-order valence-corrected chi connectivity index (χ2v) is 14.7. The van der Waals surface area contributed by atoms with Crippen molar-refractivity contribution in [3.05, 3.63) is 11.6 Å². The number of rotatable bonds is 4. The van der Waals surface area contributed by atoms with Crippen molar-refractivity contribution in [2.75, 3.05) is 0 Å². The molecule has 8 unspecified atom stereocenters. The van der Waals surface area contributed by atoms with Crippen LogP contribution in [0, 0.1) is 39.4 Å². The molecule has 35 heavy (non-hydrogen) atoms. The van der Waals surface area contributed by atoms with E-state index in [0.717, 1.165) is 25.7 Å². The molecule has 0 aromatic heterocycles. The molecule has 3 saturated carbocycles. The van der Waals surface area contributed by atoms with Crippen molar-refractivity contribution in [1.29, 1.82) is 0 Å². The van der Waals surface area contributed by atoms with Crippen molar-refractivity contribution in [2.24, 2.45) is 39.4 Å². The van der Waals surface area contributed by atoms with Gasteiger partial charge in [0.05, 0.1) is 23.0 Å². The van der Waals surface area contributed by atoms with Crippen LogP contribution in [0.5, 0.6) is 0 Å². The van der Waals surface area contributed by atoms with Crippen LogP contribution in [0.2, 0.25) is 0 Å². The van der Waals surface area contributed by atoms with Crippen molar-refractivity contribution in [1.82, 2.24) is 0 Å². The lowest BCUT2D eigenvalue weighted by Crippen LogP contribution is -2.58. The summed E-state index contributed by atoms with van der Waals surface area (Å²) in [6.07, 6.45) is 8.75. The molecule has 1 heterocycles. The van der Waals surface area contributed by atoms with Gasteiger partial charge in [0.1, 0.15) is 11.4 Å². The standard InChI is InChI=1S/C30H46O5/c1-25(2,34)13-8-14-29(7)23-20(31)17-28(6)19-9-10-21-26(3,4)22(32)12-15-27(21,5)18(19)11-16-30(23,28)24(33)35-29/h11,19,21-23,32,34H,8-10,12-17H2,1-7H3. The number of aliphatic hydroxyl groups excluding tert-OH is 1. The van der Waals surface area contributed by atoms with Gasteiger partial charge < -0.3 is 14.9 Å². The third-order valence-electron chi connectivity index (χ3n) is 11.8. The fourth-order valence-corrected chi connectivity index (χ4v) is 10.0. The summed E-state index contributed by atoms with van der Waals surface area (Å²) in [6.45, 7) is 14.6. The van der Waals surface area contributed by atoms with E-state index >= 15 is 0 Å². The highest BCUT2D eigenvalue weighted by molar-refractivity contribution is 5.99. The number of hydrogen-bond acceptors (Lipinski definition) is 5. The van der Waals surface area contributed by atoms with Crippen LogP contribution >= 0.6 is 0 Å². The van der Waals surface area contributed by atoms with Gasteiger partial charge in [-0.25, -0.2) is 0 Å². The number of carbonyl (C=O) groups excluding carboxylic acids is 2. The number of ketones is 1. The molecular weight excluding hydrogens is 440 g/mol. The lowest BCUT2D eigenvalue weighted by Gasteiger charge is -2.63. The minimum atomic E-state index is -0.805. The van der Waals surface area contributed by atoms with Crippen molar-refractivity contribution < 1.29 is 24.5 Å². The Morgan fingerprint density at radius 2 is 1.77 bits per heavy atom. The second kappa shape index (κ2) is 7.43. The van der Waals surface area contributed by atoms with Crippen LogP contribution in [-0.2, 0) is 14.3 Å². The molecule has 4 fully saturated rings. The predicted molar refractivity (Wildman–Crippen MR) is 134 cm³/mol. The van der Waals surface area contributed by atoms with Gasteiger partial charge in [0.25, 0.3) is 0 Å². The summed E-state index contributed by atoms with van der Waals surface area (Å²) >= 11 is 0. The molecule has 1 aliphatic heterocycles. The van der Waals surface area contributed by atoms with Crippen molar-refractivity contribution in [3.63, 3.8) is 0 Å². The zero-order valence-corrected chi connectivity index (χ0v) is 22.9. The predicted octanol–water partition coefficient (Wildman–Crippen LogP) is 5.37. The summed E-state index contributed by atoms with van der Waals surface area (Å²) < 4.78 is 6.18. The summed E-state index contributed by atoms with van der Waals surface area (Å²) in [4.78, 5) is 27.6. The van der Waals surface area contributed by atoms with Crippen molar-refractivity contribution >= 4 is 11.8 Å². The van der Waals surface area contributed by atoms with Gasteiger partial charge in [-0.2, -0.15) is 0 Å². The SMILES string of the molecule is CC(C)(O)CCCC1(C)OC(=O)C23CC=C4C(CCC5C4(C)CCC(O)C5(C)C)C2(C)CC(=O)C13. The number of aliphatic hydroxyl groups is 2. The number of allylic oxidation sites excluding steroid dienone is 2. The molecule has 0 amide bonds. The first kappa shape index (κ1) is 25.4. The molecule has 1 saturated heterocycles. The summed E-state index contributed by atoms with van der Waals surface area (Å²) in [5, 5.41) is 21.0. The van der Waals surface area contributed by atoms with Gasteiger partial charge in [0, 0.05) is 6.42 Å². The Balaban J connectivity index is 1.53. The topological polar surface area (TPSA) is 83.8 Å². The molecule has 0 aromatic rings. The van der Waals surface area contributed by atoms with E-state index in [9.17, 15) is 19.8 Å². The van der Waals surface area contributed by atoms with Crippen LogP contribution in [-0.4, -0.2) is 39.3 Å². The Kier molecular flexibility index (Phi) is 5.40. The molecule has 5 rings (SSSR count). The lowest BCUT2D eigenvalue weighted by atomic mass is 9.41. The third-order valence-corrected chi connectivity index (χ3v) is 11.8. The van der Waals surface area contributed by atoms with Crippen LogP contribution in [0.3, 0.4) is 0 Å². The van der Waals surface area contributed by atoms with E-state index in [1.54, 1.807) is 13.8 Å². The van der Waals surface area contributed by atoms with Gasteiger partial charge >= 0.3 is 5.97 Å². The molecule has 0 radical (unpaired) electrons. The quantitative estimate of drug-likeness (QED) is 0.412. The number of esters is 1. The summed E-state index contributed by atoms with van der Waals surface area (Å²) in [6, 6.07) is 0. The van der Waals surface area contributed by atoms with E-state index in [1.807, 2.05) is 6.92 Å². The highest BCUT2D eigenvalue weighted by Crippen LogP contribution is 2.75. The van der Waals surface area contributed by atoms with E-state index in [-0.39, 0.29) is 34.6 Å². The molecule has 196 valence electrons. The van der Waals surface area contributed by atoms with Crippen LogP contribution in [0.15, 0.2) is 11.6 Å². The highest BCUT2D eigenvalue weighted by atomic mass is 16.6. The van der Waals surface area contributed by atoms with Crippen LogP contribution in [0.4, 0.5) is 0 Å². The van der Waals surface area contributed by atoms with E-state index < -0.39 is 27.9 Å². The molecule has 0 aromatic carbocycles. The van der Waals surface area contributed by atoms with E-state index in [2.05, 4.69) is 33.8 Å². The second-order valence-electron chi connectivity index (χ2n) is 14.7. The monoisotopic (exact) mass is 486 g/mol. The fraction of sp³-hybridized carbons (Fsp3) is 0.867. The highest BCUT2D eigenvalue weighted by Gasteiger charge is 2.78. The number of Topliss-reactive ketones (excluding diaryl/α,β-unsaturated/α-hetero) is 1. The number of hydrogen-bond donors (Lipinski definition) is 2. The molecule has 8 atom stereocenters. The minimum absolute atomic E-state index is 0.00405. The molecule has 1 spiro atoms. The Hall–Kier alpha value is -1.20. The van der Waals surface area contributed by atoms with E-state index in [0.29, 0.717) is 38.0 Å². The zero-order valence-electron chi connectivity index (χ0n) is 22.9. The van der Waals surface area contributed by atoms with E-state index in [1.165, 1.54) is 5.57 Å². The first-order valence-electron chi connectivity index (χ1n) is 13.9. The first-order valence-corrected chi connectivity index (χ1v) is 13.9. The molecule has 2 N–H and O–H groups in total. The number of fused-ring (bicyclic) bond motifs is 4. The Morgan fingerprint density at radius 3 is 2.43 bits per heavy atom. The molecule has 4 aliphatic carbocycles. The van der Waals surface area contributed by atoms with Crippen molar-refractivity contribution in [2.45, 2.75) is 124 Å². The first-order chi connectivity index (χ1) is 16.0. The summed E-state index contributed by atoms with van der Waals surface area (Å²) in [5.41, 5.74) is -1.50. The number of cyclic esters (lactones) is 1. The lowest BCUT2D eigenvalue weighted by molar-refractivity contribution is -0.163. The van der Waals surface area contributed by atoms with Gasteiger partial charge in [-0.3, -0.25) is 9.59 Å². The molecule has 5 aliphatic rings. The average Bonchev–Trinajstić information content (AvgIpc) is 3.11. The Labute approximate surface area is 211 Å². The van der Waals surface area contributed by atoms with Gasteiger partial charge in [-0.15, -0.1) is 0 Å². The van der Waals surface area contributed by atoms with Gasteiger partial charge in [-0.05, 0) is 100 Å². The Morgan fingerprint density at radius 1 is 1.09 bits per heavy atom. The maximum absolute atomic E-state index is 13.8.